The molecule has 0 aromatic rings. The Morgan fingerprint density at radius 3 is 2.37 bits per heavy atom. The van der Waals surface area contributed by atoms with E-state index in [2.05, 4.69) is 13.0 Å². The molecule has 0 bridgehead atoms. The van der Waals surface area contributed by atoms with E-state index in [1.807, 2.05) is 11.9 Å². The first-order chi connectivity index (χ1) is 9.09. The molecule has 19 heavy (non-hydrogen) atoms. The zero-order valence-corrected chi connectivity index (χ0v) is 12.0. The van der Waals surface area contributed by atoms with Crippen molar-refractivity contribution in [1.82, 2.24) is 4.90 Å². The summed E-state index contributed by atoms with van der Waals surface area (Å²) in [5.41, 5.74) is -0.837. The Bertz CT molecular complexity index is 361. The maximum absolute atomic E-state index is 12.7. The summed E-state index contributed by atoms with van der Waals surface area (Å²) in [6, 6.07) is 2.59. The number of rotatable bonds is 2. The van der Waals surface area contributed by atoms with Crippen molar-refractivity contribution in [3.63, 3.8) is 0 Å². The molecular weight excluding hydrogens is 240 g/mol. The highest BCUT2D eigenvalue weighted by Crippen LogP contribution is 2.34. The van der Waals surface area contributed by atoms with Gasteiger partial charge in [-0.2, -0.15) is 5.26 Å². The largest absolute Gasteiger partial charge is 0.381 e. The van der Waals surface area contributed by atoms with Crippen LogP contribution in [0.4, 0.5) is 0 Å². The van der Waals surface area contributed by atoms with Gasteiger partial charge in [0.2, 0.25) is 5.91 Å². The van der Waals surface area contributed by atoms with E-state index in [-0.39, 0.29) is 5.91 Å². The topological polar surface area (TPSA) is 53.3 Å². The van der Waals surface area contributed by atoms with E-state index in [9.17, 15) is 10.1 Å². The molecule has 1 aliphatic carbocycles. The first-order valence-electron chi connectivity index (χ1n) is 7.35. The maximum Gasteiger partial charge on any atom is 0.243 e. The van der Waals surface area contributed by atoms with Crippen molar-refractivity contribution < 1.29 is 9.53 Å². The van der Waals surface area contributed by atoms with Gasteiger partial charge in [0, 0.05) is 26.3 Å². The number of hydrogen-bond donors (Lipinski definition) is 0. The Labute approximate surface area is 115 Å². The number of nitrogens with zero attached hydrogens (tertiary/aromatic N) is 2. The molecule has 1 saturated carbocycles. The molecule has 0 aromatic carbocycles. The fourth-order valence-corrected chi connectivity index (χ4v) is 3.23. The van der Waals surface area contributed by atoms with Crippen LogP contribution >= 0.6 is 0 Å². The Morgan fingerprint density at radius 2 is 1.84 bits per heavy atom. The van der Waals surface area contributed by atoms with Crippen LogP contribution in [0.15, 0.2) is 0 Å². The molecule has 1 saturated heterocycles. The molecule has 0 spiro atoms. The van der Waals surface area contributed by atoms with E-state index in [0.29, 0.717) is 32.1 Å². The standard InChI is InChI=1S/C15H24N2O2/c1-12-3-5-13(6-4-12)17(2)14(18)15(11-16)7-9-19-10-8-15/h12-13H,3-10H2,1-2H3. The predicted molar refractivity (Wildman–Crippen MR) is 72.3 cm³/mol. The quantitative estimate of drug-likeness (QED) is 0.769. The maximum atomic E-state index is 12.7. The third-order valence-corrected chi connectivity index (χ3v) is 4.82. The average molecular weight is 264 g/mol. The number of nitriles is 1. The summed E-state index contributed by atoms with van der Waals surface area (Å²) in [5.74, 6) is 0.783. The van der Waals surface area contributed by atoms with Gasteiger partial charge in [0.25, 0.3) is 0 Å². The van der Waals surface area contributed by atoms with Crippen molar-refractivity contribution in [3.8, 4) is 6.07 Å². The van der Waals surface area contributed by atoms with E-state index in [4.69, 9.17) is 4.74 Å². The molecule has 2 fully saturated rings. The van der Waals surface area contributed by atoms with Crippen LogP contribution in [0.5, 0.6) is 0 Å². The van der Waals surface area contributed by atoms with Gasteiger partial charge >= 0.3 is 0 Å². The molecule has 0 aromatic heterocycles. The lowest BCUT2D eigenvalue weighted by atomic mass is 9.79. The fourth-order valence-electron chi connectivity index (χ4n) is 3.23. The van der Waals surface area contributed by atoms with Crippen molar-refractivity contribution in [3.05, 3.63) is 0 Å². The molecule has 2 aliphatic rings. The van der Waals surface area contributed by atoms with Gasteiger partial charge < -0.3 is 9.64 Å². The minimum absolute atomic E-state index is 0.0119. The molecule has 0 atom stereocenters. The molecule has 1 heterocycles. The summed E-state index contributed by atoms with van der Waals surface area (Å²) in [6.07, 6.45) is 5.59. The second-order valence-corrected chi connectivity index (χ2v) is 6.14. The van der Waals surface area contributed by atoms with Crippen LogP contribution in [0, 0.1) is 22.7 Å². The highest BCUT2D eigenvalue weighted by molar-refractivity contribution is 5.85. The van der Waals surface area contributed by atoms with E-state index in [0.717, 1.165) is 18.8 Å². The molecule has 2 rings (SSSR count). The summed E-state index contributed by atoms with van der Waals surface area (Å²) in [5, 5.41) is 9.45. The van der Waals surface area contributed by atoms with Crippen LogP contribution in [-0.4, -0.2) is 37.1 Å². The van der Waals surface area contributed by atoms with Crippen LogP contribution in [0.25, 0.3) is 0 Å². The van der Waals surface area contributed by atoms with E-state index < -0.39 is 5.41 Å². The van der Waals surface area contributed by atoms with Gasteiger partial charge in [0.05, 0.1) is 6.07 Å². The zero-order chi connectivity index (χ0) is 13.9. The van der Waals surface area contributed by atoms with Gasteiger partial charge in [-0.1, -0.05) is 6.92 Å². The minimum Gasteiger partial charge on any atom is -0.381 e. The van der Waals surface area contributed by atoms with Gasteiger partial charge in [-0.15, -0.1) is 0 Å². The summed E-state index contributed by atoms with van der Waals surface area (Å²) in [7, 11) is 1.87. The van der Waals surface area contributed by atoms with E-state index in [1.165, 1.54) is 12.8 Å². The average Bonchev–Trinajstić information content (AvgIpc) is 2.47. The molecule has 0 N–H and O–H groups in total. The molecule has 0 unspecified atom stereocenters. The van der Waals surface area contributed by atoms with Crippen LogP contribution in [0.1, 0.15) is 45.4 Å². The number of hydrogen-bond acceptors (Lipinski definition) is 3. The van der Waals surface area contributed by atoms with Crippen molar-refractivity contribution in [2.75, 3.05) is 20.3 Å². The normalized spacial score (nSPS) is 30.4. The smallest absolute Gasteiger partial charge is 0.243 e. The van der Waals surface area contributed by atoms with Gasteiger partial charge in [0.15, 0.2) is 0 Å². The van der Waals surface area contributed by atoms with Crippen molar-refractivity contribution in [2.45, 2.75) is 51.5 Å². The summed E-state index contributed by atoms with van der Waals surface area (Å²) < 4.78 is 5.29. The van der Waals surface area contributed by atoms with Crippen molar-refractivity contribution in [2.24, 2.45) is 11.3 Å². The summed E-state index contributed by atoms with van der Waals surface area (Å²) in [6.45, 7) is 3.32. The van der Waals surface area contributed by atoms with Crippen LogP contribution in [0.3, 0.4) is 0 Å². The summed E-state index contributed by atoms with van der Waals surface area (Å²) >= 11 is 0. The molecule has 4 heteroatoms. The van der Waals surface area contributed by atoms with Crippen LogP contribution < -0.4 is 0 Å². The molecule has 1 amide bonds. The Hall–Kier alpha value is -1.08. The first-order valence-corrected chi connectivity index (χ1v) is 7.35. The van der Waals surface area contributed by atoms with E-state index in [1.54, 1.807) is 0 Å². The minimum atomic E-state index is -0.837. The van der Waals surface area contributed by atoms with Crippen LogP contribution in [-0.2, 0) is 9.53 Å². The number of carbonyl (C=O) groups is 1. The Kier molecular flexibility index (Phi) is 4.46. The lowest BCUT2D eigenvalue weighted by molar-refractivity contribution is -0.145. The fraction of sp³-hybridized carbons (Fsp3) is 0.867. The number of ether oxygens (including phenoxy) is 1. The zero-order valence-electron chi connectivity index (χ0n) is 12.0. The van der Waals surface area contributed by atoms with Crippen molar-refractivity contribution >= 4 is 5.91 Å². The molecular formula is C15H24N2O2. The van der Waals surface area contributed by atoms with E-state index >= 15 is 0 Å². The monoisotopic (exact) mass is 264 g/mol. The number of carbonyl (C=O) groups excluding carboxylic acids is 1. The van der Waals surface area contributed by atoms with Crippen molar-refractivity contribution in [1.29, 1.82) is 5.26 Å². The predicted octanol–water partition coefficient (Wildman–Crippen LogP) is 2.34. The highest BCUT2D eigenvalue weighted by atomic mass is 16.5. The SMILES string of the molecule is CC1CCC(N(C)C(=O)C2(C#N)CCOCC2)CC1. The molecule has 4 nitrogen and oxygen atoms in total. The second-order valence-electron chi connectivity index (χ2n) is 6.14. The number of amides is 1. The summed E-state index contributed by atoms with van der Waals surface area (Å²) in [4.78, 5) is 14.5. The lowest BCUT2D eigenvalue weighted by Gasteiger charge is -2.39. The van der Waals surface area contributed by atoms with Gasteiger partial charge in [-0.3, -0.25) is 4.79 Å². The molecule has 1 aliphatic heterocycles. The first kappa shape index (κ1) is 14.3. The lowest BCUT2D eigenvalue weighted by Crippen LogP contribution is -2.49. The molecule has 0 radical (unpaired) electrons. The molecule has 106 valence electrons. The Morgan fingerprint density at radius 1 is 1.26 bits per heavy atom. The van der Waals surface area contributed by atoms with Gasteiger partial charge in [-0.25, -0.2) is 0 Å². The highest BCUT2D eigenvalue weighted by Gasteiger charge is 2.43. The van der Waals surface area contributed by atoms with Gasteiger partial charge in [0.1, 0.15) is 5.41 Å². The third-order valence-electron chi connectivity index (χ3n) is 4.82. The van der Waals surface area contributed by atoms with Gasteiger partial charge in [-0.05, 0) is 44.4 Å². The third kappa shape index (κ3) is 2.92. The van der Waals surface area contributed by atoms with Crippen LogP contribution in [0.2, 0.25) is 0 Å². The Balaban J connectivity index is 2.03. The second kappa shape index (κ2) is 5.92.